The molecule has 4 nitrogen and oxygen atoms in total. The predicted molar refractivity (Wildman–Crippen MR) is 122 cm³/mol. The van der Waals surface area contributed by atoms with Crippen molar-refractivity contribution in [3.05, 3.63) is 18.0 Å². The summed E-state index contributed by atoms with van der Waals surface area (Å²) >= 11 is 0. The fraction of sp³-hybridized carbons (Fsp3) is 0.852. The van der Waals surface area contributed by atoms with Crippen LogP contribution in [0.15, 0.2) is 12.4 Å². The molecule has 1 heterocycles. The number of hydrogen-bond donors (Lipinski definition) is 1. The average Bonchev–Trinajstić information content (AvgIpc) is 3.28. The van der Waals surface area contributed by atoms with E-state index in [9.17, 15) is 5.11 Å². The van der Waals surface area contributed by atoms with E-state index in [1.165, 1.54) is 38.5 Å². The van der Waals surface area contributed by atoms with Crippen molar-refractivity contribution in [2.75, 3.05) is 0 Å². The highest BCUT2D eigenvalue weighted by atomic mass is 16.3. The van der Waals surface area contributed by atoms with Gasteiger partial charge >= 0.3 is 0 Å². The minimum Gasteiger partial charge on any atom is -0.390 e. The minimum atomic E-state index is -0.420. The topological polar surface area (TPSA) is 61.8 Å². The first-order chi connectivity index (χ1) is 14.7. The molecule has 4 aliphatic rings. The molecule has 0 saturated heterocycles. The Labute approximate surface area is 188 Å². The number of nitriles is 1. The lowest BCUT2D eigenvalue weighted by molar-refractivity contribution is -0.108. The lowest BCUT2D eigenvalue weighted by Gasteiger charge is -2.58. The van der Waals surface area contributed by atoms with E-state index < -0.39 is 5.60 Å². The van der Waals surface area contributed by atoms with Crippen molar-refractivity contribution in [1.29, 1.82) is 5.26 Å². The van der Waals surface area contributed by atoms with E-state index in [-0.39, 0.29) is 0 Å². The Morgan fingerprint density at radius 3 is 2.71 bits per heavy atom. The van der Waals surface area contributed by atoms with Crippen LogP contribution in [0.3, 0.4) is 0 Å². The number of aromatic nitrogens is 2. The lowest BCUT2D eigenvalue weighted by atomic mass is 9.48. The predicted octanol–water partition coefficient (Wildman–Crippen LogP) is 5.66. The fourth-order valence-electron chi connectivity index (χ4n) is 9.50. The van der Waals surface area contributed by atoms with Gasteiger partial charge in [-0.2, -0.15) is 10.4 Å². The van der Waals surface area contributed by atoms with Gasteiger partial charge in [-0.05, 0) is 111 Å². The molecule has 0 aromatic carbocycles. The highest BCUT2D eigenvalue weighted by molar-refractivity contribution is 5.21. The van der Waals surface area contributed by atoms with E-state index in [0.29, 0.717) is 16.9 Å². The van der Waals surface area contributed by atoms with Crippen LogP contribution >= 0.6 is 0 Å². The number of nitrogens with zero attached hydrogens (tertiary/aromatic N) is 3. The van der Waals surface area contributed by atoms with E-state index in [0.717, 1.165) is 60.8 Å². The van der Waals surface area contributed by atoms with Crippen molar-refractivity contribution in [3.63, 3.8) is 0 Å². The van der Waals surface area contributed by atoms with E-state index in [4.69, 9.17) is 5.26 Å². The second-order valence-electron chi connectivity index (χ2n) is 12.5. The molecule has 4 heteroatoms. The second kappa shape index (κ2) is 7.62. The van der Waals surface area contributed by atoms with Crippen LogP contribution in [-0.4, -0.2) is 20.5 Å². The number of rotatable bonds is 3. The minimum absolute atomic E-state index is 0.420. The third-order valence-corrected chi connectivity index (χ3v) is 10.5. The van der Waals surface area contributed by atoms with Crippen LogP contribution in [0.1, 0.15) is 84.6 Å². The normalized spacial score (nSPS) is 47.7. The van der Waals surface area contributed by atoms with Crippen molar-refractivity contribution < 1.29 is 5.11 Å². The Bertz CT molecular complexity index is 853. The van der Waals surface area contributed by atoms with E-state index in [1.807, 2.05) is 10.9 Å². The van der Waals surface area contributed by atoms with Gasteiger partial charge in [0.25, 0.3) is 0 Å². The van der Waals surface area contributed by atoms with Gasteiger partial charge in [-0.25, -0.2) is 0 Å². The van der Waals surface area contributed by atoms with Crippen LogP contribution in [0.5, 0.6) is 0 Å². The van der Waals surface area contributed by atoms with Crippen molar-refractivity contribution in [1.82, 2.24) is 9.78 Å². The molecule has 0 radical (unpaired) electrons. The van der Waals surface area contributed by atoms with Crippen molar-refractivity contribution in [2.24, 2.45) is 52.8 Å². The summed E-state index contributed by atoms with van der Waals surface area (Å²) in [4.78, 5) is 0. The zero-order valence-corrected chi connectivity index (χ0v) is 19.9. The van der Waals surface area contributed by atoms with E-state index in [2.05, 4.69) is 38.9 Å². The molecular formula is C27H41N3O. The molecule has 0 spiro atoms. The van der Waals surface area contributed by atoms with Gasteiger partial charge in [0.1, 0.15) is 6.07 Å². The molecular weight excluding hydrogens is 382 g/mol. The molecule has 0 bridgehead atoms. The monoisotopic (exact) mass is 423 g/mol. The van der Waals surface area contributed by atoms with Gasteiger partial charge in [-0.1, -0.05) is 20.8 Å². The molecule has 170 valence electrons. The Hall–Kier alpha value is -1.34. The van der Waals surface area contributed by atoms with Crippen molar-refractivity contribution in [3.8, 4) is 6.07 Å². The molecule has 1 N–H and O–H groups in total. The Morgan fingerprint density at radius 2 is 1.97 bits per heavy atom. The van der Waals surface area contributed by atoms with Gasteiger partial charge in [0.05, 0.1) is 17.4 Å². The summed E-state index contributed by atoms with van der Waals surface area (Å²) < 4.78 is 2.00. The highest BCUT2D eigenvalue weighted by Crippen LogP contribution is 2.67. The summed E-state index contributed by atoms with van der Waals surface area (Å²) in [5.74, 6) is 6.40. The van der Waals surface area contributed by atoms with Gasteiger partial charge in [-0.15, -0.1) is 0 Å². The van der Waals surface area contributed by atoms with Gasteiger partial charge < -0.3 is 5.11 Å². The number of hydrogen-bond acceptors (Lipinski definition) is 3. The van der Waals surface area contributed by atoms with Crippen molar-refractivity contribution >= 4 is 0 Å². The third kappa shape index (κ3) is 3.56. The summed E-state index contributed by atoms with van der Waals surface area (Å²) in [6.45, 7) is 10.6. The molecule has 0 amide bonds. The lowest BCUT2D eigenvalue weighted by Crippen LogP contribution is -2.51. The molecule has 4 saturated carbocycles. The van der Waals surface area contributed by atoms with Gasteiger partial charge in [0.2, 0.25) is 0 Å². The molecule has 5 rings (SSSR count). The summed E-state index contributed by atoms with van der Waals surface area (Å²) in [5.41, 5.74) is 0.689. The summed E-state index contributed by atoms with van der Waals surface area (Å²) in [5, 5.41) is 24.2. The smallest absolute Gasteiger partial charge is 0.102 e. The Morgan fingerprint density at radius 1 is 1.19 bits per heavy atom. The van der Waals surface area contributed by atoms with Crippen molar-refractivity contribution in [2.45, 2.75) is 91.2 Å². The van der Waals surface area contributed by atoms with Gasteiger partial charge in [0.15, 0.2) is 0 Å². The van der Waals surface area contributed by atoms with Gasteiger partial charge in [0, 0.05) is 12.7 Å². The first kappa shape index (κ1) is 21.5. The highest BCUT2D eigenvalue weighted by Gasteiger charge is 2.60. The summed E-state index contributed by atoms with van der Waals surface area (Å²) in [6, 6.07) is 2.21. The molecule has 4 fully saturated rings. The SMILES string of the molecule is CC(Cn1cc(C#N)cn1)[C@H]1C[C@@H](C)[C@H]2[C@@H]3CC[C@@H]4C[C@](C)(O)CC[C@@H]4[C@H]3CC[C@@]21C. The quantitative estimate of drug-likeness (QED) is 0.682. The maximum absolute atomic E-state index is 10.7. The maximum Gasteiger partial charge on any atom is 0.102 e. The first-order valence-electron chi connectivity index (χ1n) is 12.9. The molecule has 1 aromatic heterocycles. The Kier molecular flexibility index (Phi) is 5.28. The van der Waals surface area contributed by atoms with Gasteiger partial charge in [-0.3, -0.25) is 4.68 Å². The molecule has 10 atom stereocenters. The Balaban J connectivity index is 1.34. The van der Waals surface area contributed by atoms with Crippen LogP contribution in [0.25, 0.3) is 0 Å². The molecule has 0 aliphatic heterocycles. The second-order valence-corrected chi connectivity index (χ2v) is 12.5. The van der Waals surface area contributed by atoms with Crippen LogP contribution in [-0.2, 0) is 6.54 Å². The van der Waals surface area contributed by atoms with Crippen LogP contribution in [0.2, 0.25) is 0 Å². The third-order valence-electron chi connectivity index (χ3n) is 10.5. The van der Waals surface area contributed by atoms with Crippen LogP contribution in [0.4, 0.5) is 0 Å². The summed E-state index contributed by atoms with van der Waals surface area (Å²) in [6.07, 6.45) is 13.7. The van der Waals surface area contributed by atoms with Crippen LogP contribution < -0.4 is 0 Å². The standard InChI is InChI=1S/C27H41N3O/c1-17-11-24(18(2)15-30-16-19(13-28)14-29-30)27(4)10-8-22-21-7-9-26(3,31)12-20(21)5-6-23(22)25(17)27/h14,16-18,20-25,31H,5-12,15H2,1-4H3/t17-,18?,20-,21+,22-,23-,24-,25+,26-,27-/m1/s1. The fourth-order valence-corrected chi connectivity index (χ4v) is 9.50. The largest absolute Gasteiger partial charge is 0.390 e. The molecule has 1 aromatic rings. The zero-order chi connectivity index (χ0) is 22.0. The number of aliphatic hydroxyl groups is 1. The molecule has 31 heavy (non-hydrogen) atoms. The van der Waals surface area contributed by atoms with E-state index >= 15 is 0 Å². The average molecular weight is 424 g/mol. The maximum atomic E-state index is 10.7. The van der Waals surface area contributed by atoms with E-state index in [1.54, 1.807) is 6.20 Å². The van der Waals surface area contributed by atoms with Crippen LogP contribution in [0, 0.1) is 64.1 Å². The molecule has 4 aliphatic carbocycles. The zero-order valence-electron chi connectivity index (χ0n) is 19.9. The first-order valence-corrected chi connectivity index (χ1v) is 12.9. The summed E-state index contributed by atoms with van der Waals surface area (Å²) in [7, 11) is 0. The molecule has 1 unspecified atom stereocenters. The number of fused-ring (bicyclic) bond motifs is 5.